The van der Waals surface area contributed by atoms with Crippen LogP contribution in [0.15, 0.2) is 0 Å². The van der Waals surface area contributed by atoms with Crippen molar-refractivity contribution < 1.29 is 24.1 Å². The second-order valence-electron chi connectivity index (χ2n) is 5.57. The fourth-order valence-electron chi connectivity index (χ4n) is 2.99. The van der Waals surface area contributed by atoms with Crippen LogP contribution < -0.4 is 0 Å². The van der Waals surface area contributed by atoms with E-state index in [0.29, 0.717) is 13.0 Å². The van der Waals surface area contributed by atoms with Gasteiger partial charge in [0.05, 0.1) is 32.3 Å². The summed E-state index contributed by atoms with van der Waals surface area (Å²) < 4.78 is 16.5. The number of ether oxygens (including phenoxy) is 3. The summed E-state index contributed by atoms with van der Waals surface area (Å²) in [6.45, 7) is 2.58. The lowest BCUT2D eigenvalue weighted by Gasteiger charge is -2.46. The molecule has 0 aliphatic carbocycles. The van der Waals surface area contributed by atoms with Gasteiger partial charge < -0.3 is 19.3 Å². The average molecular weight is 272 g/mol. The van der Waals surface area contributed by atoms with E-state index in [9.17, 15) is 9.90 Å². The molecule has 2 fully saturated rings. The van der Waals surface area contributed by atoms with Gasteiger partial charge in [0.15, 0.2) is 5.79 Å². The molecule has 0 unspecified atom stereocenters. The van der Waals surface area contributed by atoms with Crippen molar-refractivity contribution in [3.05, 3.63) is 0 Å². The van der Waals surface area contributed by atoms with Crippen LogP contribution in [-0.4, -0.2) is 42.8 Å². The van der Waals surface area contributed by atoms with Gasteiger partial charge in [-0.15, -0.1) is 0 Å². The van der Waals surface area contributed by atoms with Gasteiger partial charge in [-0.1, -0.05) is 6.92 Å². The van der Waals surface area contributed by atoms with Crippen LogP contribution in [0.25, 0.3) is 0 Å². The van der Waals surface area contributed by atoms with Crippen molar-refractivity contribution in [2.45, 2.75) is 63.4 Å². The van der Waals surface area contributed by atoms with Crippen LogP contribution in [0.4, 0.5) is 0 Å². The average Bonchev–Trinajstić information content (AvgIpc) is 2.39. The fraction of sp³-hybridized carbons (Fsp3) is 0.929. The molecule has 0 radical (unpaired) electrons. The predicted octanol–water partition coefficient (Wildman–Crippen LogP) is 1.62. The van der Waals surface area contributed by atoms with Gasteiger partial charge in [0.25, 0.3) is 0 Å². The molecule has 5 nitrogen and oxygen atoms in total. The Kier molecular flexibility index (Phi) is 4.81. The number of methoxy groups -OCH3 is 1. The number of hydrogen-bond donors (Lipinski definition) is 1. The Bertz CT molecular complexity index is 319. The predicted molar refractivity (Wildman–Crippen MR) is 68.4 cm³/mol. The number of carbonyl (C=O) groups is 1. The minimum Gasteiger partial charge on any atom is -0.469 e. The minimum atomic E-state index is -0.692. The molecule has 2 heterocycles. The minimum absolute atomic E-state index is 0.161. The molecule has 0 saturated carbocycles. The quantitative estimate of drug-likeness (QED) is 0.791. The van der Waals surface area contributed by atoms with Crippen molar-refractivity contribution in [3.63, 3.8) is 0 Å². The van der Waals surface area contributed by atoms with Crippen LogP contribution in [0, 0.1) is 5.92 Å². The molecule has 0 amide bonds. The number of aliphatic hydroxyl groups is 1. The van der Waals surface area contributed by atoms with Crippen molar-refractivity contribution in [2.75, 3.05) is 13.7 Å². The van der Waals surface area contributed by atoms with Crippen LogP contribution in [0.5, 0.6) is 0 Å². The van der Waals surface area contributed by atoms with Gasteiger partial charge in [0.2, 0.25) is 0 Å². The fourth-order valence-corrected chi connectivity index (χ4v) is 2.99. The lowest BCUT2D eigenvalue weighted by molar-refractivity contribution is -0.317. The molecule has 0 aromatic rings. The maximum absolute atomic E-state index is 11.3. The highest BCUT2D eigenvalue weighted by atomic mass is 16.7. The summed E-state index contributed by atoms with van der Waals surface area (Å²) in [6.07, 6.45) is 3.71. The Morgan fingerprint density at radius 1 is 1.53 bits per heavy atom. The van der Waals surface area contributed by atoms with Crippen molar-refractivity contribution in [1.82, 2.24) is 0 Å². The van der Waals surface area contributed by atoms with Gasteiger partial charge in [-0.05, 0) is 19.3 Å². The Balaban J connectivity index is 1.94. The Hall–Kier alpha value is -0.650. The van der Waals surface area contributed by atoms with E-state index in [2.05, 4.69) is 11.7 Å². The summed E-state index contributed by atoms with van der Waals surface area (Å²) >= 11 is 0. The Labute approximate surface area is 114 Å². The van der Waals surface area contributed by atoms with Gasteiger partial charge in [0, 0.05) is 18.8 Å². The third-order valence-electron chi connectivity index (χ3n) is 4.24. The van der Waals surface area contributed by atoms with E-state index < -0.39 is 5.79 Å². The summed E-state index contributed by atoms with van der Waals surface area (Å²) in [5.74, 6) is -0.762. The number of rotatable bonds is 3. The monoisotopic (exact) mass is 272 g/mol. The topological polar surface area (TPSA) is 65.0 Å². The zero-order valence-electron chi connectivity index (χ0n) is 11.8. The van der Waals surface area contributed by atoms with Crippen molar-refractivity contribution in [2.24, 2.45) is 5.92 Å². The molecule has 0 aromatic heterocycles. The maximum Gasteiger partial charge on any atom is 0.308 e. The van der Waals surface area contributed by atoms with E-state index in [-0.39, 0.29) is 30.5 Å². The SMILES string of the molecule is CC[C@@H]1CO[C@@]2(CCC[C@@H](CC(=O)OC)O2)C[C@@H]1O. The molecule has 2 rings (SSSR count). The van der Waals surface area contributed by atoms with Crippen LogP contribution in [-0.2, 0) is 19.0 Å². The van der Waals surface area contributed by atoms with Crippen molar-refractivity contribution in [1.29, 1.82) is 0 Å². The van der Waals surface area contributed by atoms with Gasteiger partial charge in [-0.25, -0.2) is 0 Å². The van der Waals surface area contributed by atoms with Crippen molar-refractivity contribution >= 4 is 5.97 Å². The van der Waals surface area contributed by atoms with Gasteiger partial charge in [-0.3, -0.25) is 4.79 Å². The van der Waals surface area contributed by atoms with Crippen molar-refractivity contribution in [3.8, 4) is 0 Å². The highest BCUT2D eigenvalue weighted by Crippen LogP contribution is 2.40. The molecule has 2 aliphatic rings. The highest BCUT2D eigenvalue weighted by Gasteiger charge is 2.45. The first-order valence-electron chi connectivity index (χ1n) is 7.15. The third kappa shape index (κ3) is 3.46. The number of esters is 1. The summed E-state index contributed by atoms with van der Waals surface area (Å²) in [7, 11) is 1.38. The summed E-state index contributed by atoms with van der Waals surface area (Å²) in [5, 5.41) is 10.1. The Morgan fingerprint density at radius 3 is 2.95 bits per heavy atom. The highest BCUT2D eigenvalue weighted by molar-refractivity contribution is 5.69. The summed E-state index contributed by atoms with van der Waals surface area (Å²) in [5.41, 5.74) is 0. The molecule has 0 aromatic carbocycles. The number of carbonyl (C=O) groups excluding carboxylic acids is 1. The van der Waals surface area contributed by atoms with E-state index in [0.717, 1.165) is 25.7 Å². The molecule has 5 heteroatoms. The molecule has 0 bridgehead atoms. The van der Waals surface area contributed by atoms with Crippen LogP contribution in [0.2, 0.25) is 0 Å². The zero-order chi connectivity index (χ0) is 13.9. The number of aliphatic hydroxyl groups excluding tert-OH is 1. The standard InChI is InChI=1S/C14H24O5/c1-3-10-9-18-14(8-12(10)15)6-4-5-11(19-14)7-13(16)17-2/h10-12,15H,3-9H2,1-2H3/t10-,11+,12+,14-/m1/s1. The molecular formula is C14H24O5. The molecule has 2 saturated heterocycles. The normalized spacial score (nSPS) is 39.2. The summed E-state index contributed by atoms with van der Waals surface area (Å²) in [4.78, 5) is 11.3. The molecule has 1 N–H and O–H groups in total. The first-order valence-corrected chi connectivity index (χ1v) is 7.15. The van der Waals surface area contributed by atoms with Gasteiger partial charge in [-0.2, -0.15) is 0 Å². The van der Waals surface area contributed by atoms with Crippen LogP contribution >= 0.6 is 0 Å². The maximum atomic E-state index is 11.3. The van der Waals surface area contributed by atoms with E-state index >= 15 is 0 Å². The van der Waals surface area contributed by atoms with E-state index in [1.807, 2.05) is 0 Å². The second kappa shape index (κ2) is 6.20. The molecule has 1 spiro atoms. The lowest BCUT2D eigenvalue weighted by Crippen LogP contribution is -2.52. The Morgan fingerprint density at radius 2 is 2.32 bits per heavy atom. The largest absolute Gasteiger partial charge is 0.469 e. The second-order valence-corrected chi connectivity index (χ2v) is 5.57. The van der Waals surface area contributed by atoms with Gasteiger partial charge in [0.1, 0.15) is 0 Å². The van der Waals surface area contributed by atoms with Gasteiger partial charge >= 0.3 is 5.97 Å². The van der Waals surface area contributed by atoms with Crippen LogP contribution in [0.3, 0.4) is 0 Å². The summed E-state index contributed by atoms with van der Waals surface area (Å²) in [6, 6.07) is 0. The smallest absolute Gasteiger partial charge is 0.308 e. The third-order valence-corrected chi connectivity index (χ3v) is 4.24. The van der Waals surface area contributed by atoms with Crippen LogP contribution in [0.1, 0.15) is 45.4 Å². The first kappa shape index (κ1) is 14.8. The molecule has 110 valence electrons. The molecule has 2 aliphatic heterocycles. The van der Waals surface area contributed by atoms with E-state index in [1.165, 1.54) is 7.11 Å². The van der Waals surface area contributed by atoms with E-state index in [4.69, 9.17) is 9.47 Å². The zero-order valence-corrected chi connectivity index (χ0v) is 11.8. The van der Waals surface area contributed by atoms with E-state index in [1.54, 1.807) is 0 Å². The molecule has 19 heavy (non-hydrogen) atoms. The lowest BCUT2D eigenvalue weighted by atomic mass is 9.87. The molecule has 4 atom stereocenters. The number of hydrogen-bond acceptors (Lipinski definition) is 5. The molecular weight excluding hydrogens is 248 g/mol. The first-order chi connectivity index (χ1) is 9.08.